The van der Waals surface area contributed by atoms with Gasteiger partial charge in [0.1, 0.15) is 6.33 Å². The molecule has 0 radical (unpaired) electrons. The van der Waals surface area contributed by atoms with Crippen molar-refractivity contribution in [3.63, 3.8) is 0 Å². The molecule has 1 rings (SSSR count). The van der Waals surface area contributed by atoms with E-state index in [0.29, 0.717) is 5.95 Å². The second-order valence-electron chi connectivity index (χ2n) is 3.86. The van der Waals surface area contributed by atoms with Crippen molar-refractivity contribution in [3.8, 4) is 0 Å². The van der Waals surface area contributed by atoms with Gasteiger partial charge in [-0.05, 0) is 12.8 Å². The molecule has 6 heteroatoms. The summed E-state index contributed by atoms with van der Waals surface area (Å²) >= 11 is 0. The van der Waals surface area contributed by atoms with Crippen LogP contribution in [0.3, 0.4) is 0 Å². The molecular weight excluding hydrogens is 216 g/mol. The molecule has 0 unspecified atom stereocenters. The summed E-state index contributed by atoms with van der Waals surface area (Å²) in [7, 11) is 3.71. The van der Waals surface area contributed by atoms with Gasteiger partial charge in [0, 0.05) is 27.2 Å². The van der Waals surface area contributed by atoms with Crippen LogP contribution in [0, 0.1) is 0 Å². The van der Waals surface area contributed by atoms with Crippen LogP contribution in [0.2, 0.25) is 0 Å². The standard InChI is InChI=1S/C11H22N6/c1-5-7-17(8-6-2)11-14-9-13-10(15-11)16(4)12-3/h9,12H,5-8H2,1-4H3. The molecule has 0 aliphatic carbocycles. The van der Waals surface area contributed by atoms with Crippen molar-refractivity contribution >= 4 is 11.9 Å². The molecule has 0 spiro atoms. The van der Waals surface area contributed by atoms with Gasteiger partial charge < -0.3 is 4.90 Å². The first-order valence-corrected chi connectivity index (χ1v) is 6.08. The van der Waals surface area contributed by atoms with Gasteiger partial charge >= 0.3 is 0 Å². The van der Waals surface area contributed by atoms with Crippen LogP contribution >= 0.6 is 0 Å². The van der Waals surface area contributed by atoms with E-state index < -0.39 is 0 Å². The fourth-order valence-corrected chi connectivity index (χ4v) is 1.54. The molecule has 1 aromatic rings. The second-order valence-corrected chi connectivity index (χ2v) is 3.86. The van der Waals surface area contributed by atoms with E-state index in [9.17, 15) is 0 Å². The lowest BCUT2D eigenvalue weighted by Gasteiger charge is -2.22. The number of nitrogens with one attached hydrogen (secondary N) is 1. The summed E-state index contributed by atoms with van der Waals surface area (Å²) < 4.78 is 0. The molecule has 0 fully saturated rings. The van der Waals surface area contributed by atoms with Gasteiger partial charge in [-0.15, -0.1) is 0 Å². The van der Waals surface area contributed by atoms with Crippen LogP contribution in [-0.4, -0.2) is 42.1 Å². The Balaban J connectivity index is 2.87. The monoisotopic (exact) mass is 238 g/mol. The van der Waals surface area contributed by atoms with E-state index in [0.717, 1.165) is 31.9 Å². The molecule has 0 saturated heterocycles. The Labute approximate surface area is 103 Å². The first kappa shape index (κ1) is 13.6. The Morgan fingerprint density at radius 2 is 1.71 bits per heavy atom. The molecule has 6 nitrogen and oxygen atoms in total. The molecule has 0 saturated carbocycles. The predicted octanol–water partition coefficient (Wildman–Crippen LogP) is 1.07. The topological polar surface area (TPSA) is 57.2 Å². The van der Waals surface area contributed by atoms with E-state index in [1.165, 1.54) is 0 Å². The fraction of sp³-hybridized carbons (Fsp3) is 0.727. The van der Waals surface area contributed by atoms with Gasteiger partial charge in [0.15, 0.2) is 0 Å². The third-order valence-electron chi connectivity index (χ3n) is 2.45. The number of rotatable bonds is 7. The molecule has 17 heavy (non-hydrogen) atoms. The molecule has 0 amide bonds. The SMILES string of the molecule is CCCN(CCC)c1ncnc(N(C)NC)n1. The van der Waals surface area contributed by atoms with Crippen molar-refractivity contribution in [2.75, 3.05) is 37.1 Å². The van der Waals surface area contributed by atoms with E-state index in [1.807, 2.05) is 14.1 Å². The zero-order valence-electron chi connectivity index (χ0n) is 11.1. The Bertz CT molecular complexity index is 323. The fourth-order valence-electron chi connectivity index (χ4n) is 1.54. The van der Waals surface area contributed by atoms with Gasteiger partial charge in [-0.1, -0.05) is 13.8 Å². The molecule has 0 aliphatic heterocycles. The van der Waals surface area contributed by atoms with Crippen LogP contribution in [0.15, 0.2) is 6.33 Å². The van der Waals surface area contributed by atoms with Crippen molar-refractivity contribution in [2.45, 2.75) is 26.7 Å². The van der Waals surface area contributed by atoms with Gasteiger partial charge in [-0.3, -0.25) is 5.01 Å². The molecular formula is C11H22N6. The van der Waals surface area contributed by atoms with Crippen LogP contribution in [0.4, 0.5) is 11.9 Å². The highest BCUT2D eigenvalue weighted by Crippen LogP contribution is 2.10. The average molecular weight is 238 g/mol. The van der Waals surface area contributed by atoms with Gasteiger partial charge in [0.2, 0.25) is 11.9 Å². The molecule has 96 valence electrons. The first-order valence-electron chi connectivity index (χ1n) is 6.08. The molecule has 0 aromatic carbocycles. The number of anilines is 2. The van der Waals surface area contributed by atoms with E-state index in [2.05, 4.69) is 39.1 Å². The minimum Gasteiger partial charge on any atom is -0.341 e. The molecule has 0 aliphatic rings. The summed E-state index contributed by atoms with van der Waals surface area (Å²) in [6.07, 6.45) is 3.73. The predicted molar refractivity (Wildman–Crippen MR) is 70.1 cm³/mol. The maximum Gasteiger partial charge on any atom is 0.244 e. The summed E-state index contributed by atoms with van der Waals surface area (Å²) in [6, 6.07) is 0. The summed E-state index contributed by atoms with van der Waals surface area (Å²) in [4.78, 5) is 15.0. The van der Waals surface area contributed by atoms with E-state index in [4.69, 9.17) is 0 Å². The van der Waals surface area contributed by atoms with E-state index >= 15 is 0 Å². The average Bonchev–Trinajstić information content (AvgIpc) is 2.37. The Kier molecular flexibility index (Phi) is 5.62. The third-order valence-corrected chi connectivity index (χ3v) is 2.45. The number of hydrogen-bond donors (Lipinski definition) is 1. The summed E-state index contributed by atoms with van der Waals surface area (Å²) in [5.74, 6) is 1.38. The van der Waals surface area contributed by atoms with Crippen molar-refractivity contribution in [1.82, 2.24) is 20.4 Å². The van der Waals surface area contributed by atoms with Crippen LogP contribution in [0.5, 0.6) is 0 Å². The molecule has 0 atom stereocenters. The zero-order valence-corrected chi connectivity index (χ0v) is 11.1. The van der Waals surface area contributed by atoms with Crippen molar-refractivity contribution in [3.05, 3.63) is 6.33 Å². The van der Waals surface area contributed by atoms with Crippen LogP contribution in [0.25, 0.3) is 0 Å². The molecule has 1 aromatic heterocycles. The summed E-state index contributed by atoms with van der Waals surface area (Å²) in [5.41, 5.74) is 2.97. The van der Waals surface area contributed by atoms with Crippen molar-refractivity contribution < 1.29 is 0 Å². The lowest BCUT2D eigenvalue weighted by Crippen LogP contribution is -2.33. The van der Waals surface area contributed by atoms with Crippen LogP contribution in [-0.2, 0) is 0 Å². The quantitative estimate of drug-likeness (QED) is 0.717. The maximum absolute atomic E-state index is 4.45. The largest absolute Gasteiger partial charge is 0.341 e. The number of hydrogen-bond acceptors (Lipinski definition) is 6. The van der Waals surface area contributed by atoms with E-state index in [1.54, 1.807) is 11.3 Å². The lowest BCUT2D eigenvalue weighted by atomic mass is 10.4. The molecule has 0 bridgehead atoms. The highest BCUT2D eigenvalue weighted by molar-refractivity contribution is 5.36. The minimum atomic E-state index is 0.634. The number of nitrogens with zero attached hydrogens (tertiary/aromatic N) is 5. The van der Waals surface area contributed by atoms with Crippen molar-refractivity contribution in [1.29, 1.82) is 0 Å². The van der Waals surface area contributed by atoms with E-state index in [-0.39, 0.29) is 0 Å². The molecule has 1 heterocycles. The number of hydrazine groups is 1. The third kappa shape index (κ3) is 3.81. The highest BCUT2D eigenvalue weighted by Gasteiger charge is 2.10. The Morgan fingerprint density at radius 3 is 2.24 bits per heavy atom. The maximum atomic E-state index is 4.45. The van der Waals surface area contributed by atoms with Gasteiger partial charge in [0.25, 0.3) is 0 Å². The van der Waals surface area contributed by atoms with Crippen LogP contribution in [0.1, 0.15) is 26.7 Å². The zero-order chi connectivity index (χ0) is 12.7. The van der Waals surface area contributed by atoms with Crippen molar-refractivity contribution in [2.24, 2.45) is 0 Å². The second kappa shape index (κ2) is 7.01. The smallest absolute Gasteiger partial charge is 0.244 e. The Morgan fingerprint density at radius 1 is 1.12 bits per heavy atom. The highest BCUT2D eigenvalue weighted by atomic mass is 15.5. The lowest BCUT2D eigenvalue weighted by molar-refractivity contribution is 0.703. The van der Waals surface area contributed by atoms with Gasteiger partial charge in [-0.25, -0.2) is 10.4 Å². The van der Waals surface area contributed by atoms with Gasteiger partial charge in [-0.2, -0.15) is 9.97 Å². The van der Waals surface area contributed by atoms with Crippen LogP contribution < -0.4 is 15.3 Å². The summed E-state index contributed by atoms with van der Waals surface area (Å²) in [5, 5.41) is 1.77. The normalized spacial score (nSPS) is 10.4. The first-order chi connectivity index (χ1) is 8.22. The Hall–Kier alpha value is -1.43. The van der Waals surface area contributed by atoms with Gasteiger partial charge in [0.05, 0.1) is 0 Å². The number of aromatic nitrogens is 3. The minimum absolute atomic E-state index is 0.634. The molecule has 1 N–H and O–H groups in total. The summed E-state index contributed by atoms with van der Waals surface area (Å²) in [6.45, 7) is 6.26.